The van der Waals surface area contributed by atoms with Gasteiger partial charge < -0.3 is 15.7 Å². The van der Waals surface area contributed by atoms with Crippen molar-refractivity contribution in [3.05, 3.63) is 42.2 Å². The molecule has 2 amide bonds. The second-order valence-corrected chi connectivity index (χ2v) is 8.73. The Morgan fingerprint density at radius 3 is 2.21 bits per heavy atom. The summed E-state index contributed by atoms with van der Waals surface area (Å²) in [6.07, 6.45) is 3.33. The number of amidine groups is 1. The molecule has 1 saturated heterocycles. The Balaban J connectivity index is 1.70. The van der Waals surface area contributed by atoms with E-state index in [2.05, 4.69) is 15.3 Å². The van der Waals surface area contributed by atoms with Gasteiger partial charge in [0.15, 0.2) is 0 Å². The second-order valence-electron chi connectivity index (χ2n) is 8.73. The Morgan fingerprint density at radius 2 is 1.70 bits per heavy atom. The molecule has 5 N–H and O–H groups in total. The Bertz CT molecular complexity index is 1000. The minimum atomic E-state index is -0.877. The van der Waals surface area contributed by atoms with Crippen LogP contribution in [-0.4, -0.2) is 75.4 Å². The maximum atomic E-state index is 12.8. The van der Waals surface area contributed by atoms with Gasteiger partial charge >= 0.3 is 12.0 Å². The maximum Gasteiger partial charge on any atom is 0.322 e. The number of aromatic nitrogens is 2. The molecule has 0 radical (unpaired) electrons. The van der Waals surface area contributed by atoms with Gasteiger partial charge in [-0.3, -0.25) is 20.4 Å². The lowest BCUT2D eigenvalue weighted by atomic mass is 9.72. The van der Waals surface area contributed by atoms with Crippen LogP contribution in [0.5, 0.6) is 0 Å². The molecule has 1 unspecified atom stereocenters. The predicted octanol–water partition coefficient (Wildman–Crippen LogP) is 2.03. The molecule has 176 valence electrons. The van der Waals surface area contributed by atoms with Gasteiger partial charge in [-0.05, 0) is 24.0 Å². The zero-order valence-corrected chi connectivity index (χ0v) is 19.2. The molecule has 2 aromatic rings. The number of urea groups is 1. The minimum Gasteiger partial charge on any atom is -0.480 e. The number of amides is 2. The van der Waals surface area contributed by atoms with Crippen molar-refractivity contribution in [2.24, 2.45) is 5.92 Å². The molecule has 0 aliphatic carbocycles. The molecule has 0 spiro atoms. The topological polar surface area (TPSA) is 149 Å². The fourth-order valence-corrected chi connectivity index (χ4v) is 3.88. The lowest BCUT2D eigenvalue weighted by Gasteiger charge is -2.37. The molecule has 2 heterocycles. The Morgan fingerprint density at radius 1 is 1.12 bits per heavy atom. The summed E-state index contributed by atoms with van der Waals surface area (Å²) in [5, 5.41) is 20.5. The number of nitrogens with two attached hydrogens (primary N) is 1. The molecule has 0 saturated carbocycles. The van der Waals surface area contributed by atoms with E-state index in [9.17, 15) is 9.59 Å². The number of piperazine rings is 1. The van der Waals surface area contributed by atoms with E-state index in [0.717, 1.165) is 16.7 Å². The summed E-state index contributed by atoms with van der Waals surface area (Å²) in [5.74, 6) is -0.491. The number of carboxylic acid groups (broad SMARTS) is 1. The van der Waals surface area contributed by atoms with Crippen LogP contribution in [0.1, 0.15) is 26.3 Å². The first-order valence-electron chi connectivity index (χ1n) is 10.9. The third-order valence-electron chi connectivity index (χ3n) is 6.41. The quantitative estimate of drug-likeness (QED) is 0.386. The van der Waals surface area contributed by atoms with E-state index in [1.54, 1.807) is 22.2 Å². The van der Waals surface area contributed by atoms with E-state index in [-0.39, 0.29) is 30.3 Å². The normalized spacial score (nSPS) is 16.3. The highest BCUT2D eigenvalue weighted by Crippen LogP contribution is 2.34. The largest absolute Gasteiger partial charge is 0.480 e. The van der Waals surface area contributed by atoms with Gasteiger partial charge in [0, 0.05) is 44.1 Å². The Kier molecular flexibility index (Phi) is 7.27. The van der Waals surface area contributed by atoms with Gasteiger partial charge in [-0.25, -0.2) is 14.8 Å². The fourth-order valence-electron chi connectivity index (χ4n) is 3.88. The summed E-state index contributed by atoms with van der Waals surface area (Å²) in [4.78, 5) is 35.2. The highest BCUT2D eigenvalue weighted by Gasteiger charge is 2.37. The van der Waals surface area contributed by atoms with E-state index in [4.69, 9.17) is 16.2 Å². The van der Waals surface area contributed by atoms with E-state index >= 15 is 0 Å². The number of benzene rings is 1. The van der Waals surface area contributed by atoms with Crippen LogP contribution in [0.15, 0.2) is 36.7 Å². The molecule has 3 rings (SSSR count). The zero-order chi connectivity index (χ0) is 24.2. The van der Waals surface area contributed by atoms with Crippen LogP contribution in [0.4, 0.5) is 10.7 Å². The number of hydrogen-bond donors (Lipinski definition) is 4. The molecule has 10 heteroatoms. The average molecular weight is 454 g/mol. The molecule has 1 fully saturated rings. The van der Waals surface area contributed by atoms with Crippen molar-refractivity contribution in [1.82, 2.24) is 25.1 Å². The van der Waals surface area contributed by atoms with Crippen LogP contribution < -0.4 is 11.1 Å². The summed E-state index contributed by atoms with van der Waals surface area (Å²) in [7, 11) is 0. The molecule has 0 bridgehead atoms. The van der Waals surface area contributed by atoms with Crippen LogP contribution in [-0.2, 0) is 10.2 Å². The van der Waals surface area contributed by atoms with Crippen LogP contribution >= 0.6 is 0 Å². The highest BCUT2D eigenvalue weighted by atomic mass is 16.4. The van der Waals surface area contributed by atoms with Gasteiger partial charge in [-0.2, -0.15) is 0 Å². The summed E-state index contributed by atoms with van der Waals surface area (Å²) >= 11 is 0. The van der Waals surface area contributed by atoms with Crippen molar-refractivity contribution in [2.45, 2.75) is 26.2 Å². The van der Waals surface area contributed by atoms with Crippen molar-refractivity contribution >= 4 is 23.8 Å². The number of carbonyl (C=O) groups is 2. The second kappa shape index (κ2) is 9.95. The van der Waals surface area contributed by atoms with Crippen molar-refractivity contribution in [1.29, 1.82) is 5.41 Å². The first kappa shape index (κ1) is 24.1. The number of rotatable bonds is 6. The molecule has 1 aromatic carbocycles. The predicted molar refractivity (Wildman–Crippen MR) is 126 cm³/mol. The van der Waals surface area contributed by atoms with Gasteiger partial charge in [-0.15, -0.1) is 0 Å². The number of anilines is 1. The lowest BCUT2D eigenvalue weighted by molar-refractivity contribution is -0.138. The molecule has 1 aromatic heterocycles. The summed E-state index contributed by atoms with van der Waals surface area (Å²) in [5.41, 5.74) is 7.53. The van der Waals surface area contributed by atoms with Crippen molar-refractivity contribution in [3.8, 4) is 11.1 Å². The maximum absolute atomic E-state index is 12.8. The van der Waals surface area contributed by atoms with E-state index in [1.165, 1.54) is 0 Å². The van der Waals surface area contributed by atoms with Crippen LogP contribution in [0, 0.1) is 11.3 Å². The molecule has 1 aliphatic rings. The van der Waals surface area contributed by atoms with Gasteiger partial charge in [0.05, 0.1) is 12.0 Å². The van der Waals surface area contributed by atoms with Gasteiger partial charge in [0.2, 0.25) is 5.95 Å². The van der Waals surface area contributed by atoms with Gasteiger partial charge in [0.1, 0.15) is 5.84 Å². The van der Waals surface area contributed by atoms with Crippen molar-refractivity contribution in [2.75, 3.05) is 38.5 Å². The van der Waals surface area contributed by atoms with Gasteiger partial charge in [0.25, 0.3) is 0 Å². The van der Waals surface area contributed by atoms with Crippen molar-refractivity contribution in [3.63, 3.8) is 0 Å². The third kappa shape index (κ3) is 5.46. The number of nitrogen functional groups attached to an aromatic ring is 1. The van der Waals surface area contributed by atoms with Crippen molar-refractivity contribution < 1.29 is 14.7 Å². The summed E-state index contributed by atoms with van der Waals surface area (Å²) in [6.45, 7) is 7.78. The number of carboxylic acids is 1. The number of aliphatic carboxylic acids is 1. The lowest BCUT2D eigenvalue weighted by Crippen LogP contribution is -2.56. The van der Waals surface area contributed by atoms with Crippen LogP contribution in [0.3, 0.4) is 0 Å². The van der Waals surface area contributed by atoms with Crippen LogP contribution in [0.25, 0.3) is 11.1 Å². The average Bonchev–Trinajstić information content (AvgIpc) is 2.79. The zero-order valence-electron chi connectivity index (χ0n) is 19.2. The first-order chi connectivity index (χ1) is 15.6. The monoisotopic (exact) mass is 453 g/mol. The molecule has 1 atom stereocenters. The number of hydrogen-bond acceptors (Lipinski definition) is 7. The highest BCUT2D eigenvalue weighted by molar-refractivity contribution is 6.01. The van der Waals surface area contributed by atoms with E-state index in [0.29, 0.717) is 26.2 Å². The first-order valence-corrected chi connectivity index (χ1v) is 10.9. The fraction of sp³-hybridized carbons (Fsp3) is 0.435. The van der Waals surface area contributed by atoms with Gasteiger partial charge in [-0.1, -0.05) is 38.1 Å². The standard InChI is InChI=1S/C23H31N7O3/c1-15(2)23(3,18-6-4-16(5-7-18)17-12-26-21(25)27-13-17)20(24)28-22(33)30-10-8-29(9-11-30)14-19(31)32/h4-7,12-13,15H,8-11,14H2,1-3H3,(H,31,32)(H2,24,28,33)(H2,25,26,27). The molecular formula is C23H31N7O3. The number of nitrogens with zero attached hydrogens (tertiary/aromatic N) is 4. The number of nitrogens with one attached hydrogen (secondary N) is 2. The SMILES string of the molecule is CC(C)C(C)(C(=N)NC(=O)N1CCN(CC(=O)O)CC1)c1ccc(-c2cnc(N)nc2)cc1. The smallest absolute Gasteiger partial charge is 0.322 e. The Hall–Kier alpha value is -3.53. The summed E-state index contributed by atoms with van der Waals surface area (Å²) in [6, 6.07) is 7.47. The molecule has 10 nitrogen and oxygen atoms in total. The third-order valence-corrected chi connectivity index (χ3v) is 6.41. The Labute approximate surface area is 193 Å². The minimum absolute atomic E-state index is 0.0326. The molecule has 33 heavy (non-hydrogen) atoms. The summed E-state index contributed by atoms with van der Waals surface area (Å²) < 4.78 is 0. The number of carbonyl (C=O) groups excluding carboxylic acids is 1. The van der Waals surface area contributed by atoms with E-state index in [1.807, 2.05) is 45.0 Å². The molecule has 1 aliphatic heterocycles. The van der Waals surface area contributed by atoms with E-state index < -0.39 is 11.4 Å². The molecular weight excluding hydrogens is 422 g/mol. The van der Waals surface area contributed by atoms with Crippen LogP contribution in [0.2, 0.25) is 0 Å².